The van der Waals surface area contributed by atoms with Gasteiger partial charge in [0, 0.05) is 30.1 Å². The van der Waals surface area contributed by atoms with E-state index in [1.807, 2.05) is 12.1 Å². The van der Waals surface area contributed by atoms with E-state index in [1.54, 1.807) is 29.2 Å². The smallest absolute Gasteiger partial charge is 0.262 e. The summed E-state index contributed by atoms with van der Waals surface area (Å²) in [5.74, 6) is 0.310. The summed E-state index contributed by atoms with van der Waals surface area (Å²) in [4.78, 5) is 5.60. The summed E-state index contributed by atoms with van der Waals surface area (Å²) in [6.07, 6.45) is 10.5. The molecule has 2 heterocycles. The molecule has 6 heteroatoms. The zero-order valence-corrected chi connectivity index (χ0v) is 19.1. The molecule has 0 aliphatic carbocycles. The van der Waals surface area contributed by atoms with E-state index < -0.39 is 0 Å². The molecule has 0 saturated carbocycles. The molecule has 1 aromatic heterocycles. The van der Waals surface area contributed by atoms with Crippen molar-refractivity contribution >= 4 is 45.1 Å². The van der Waals surface area contributed by atoms with Gasteiger partial charge in [-0.25, -0.2) is 0 Å². The van der Waals surface area contributed by atoms with Crippen LogP contribution in [0.3, 0.4) is 0 Å². The molecule has 0 fully saturated rings. The number of nitrogens with zero attached hydrogens (tertiary/aromatic N) is 3. The first-order chi connectivity index (χ1) is 14.5. The molecule has 1 aliphatic rings. The van der Waals surface area contributed by atoms with Crippen LogP contribution in [-0.4, -0.2) is 37.2 Å². The Morgan fingerprint density at radius 3 is 2.73 bits per heavy atom. The van der Waals surface area contributed by atoms with Crippen LogP contribution in [0.2, 0.25) is 0 Å². The van der Waals surface area contributed by atoms with Crippen LogP contribution in [0, 0.1) is 0 Å². The highest BCUT2D eigenvalue weighted by Crippen LogP contribution is 2.47. The number of phenols is 1. The van der Waals surface area contributed by atoms with E-state index in [0.29, 0.717) is 5.75 Å². The van der Waals surface area contributed by atoms with Gasteiger partial charge in [-0.15, -0.1) is 0 Å². The van der Waals surface area contributed by atoms with Crippen molar-refractivity contribution in [2.75, 3.05) is 32.1 Å². The molecule has 0 spiro atoms. The number of para-hydroxylation sites is 1. The molecule has 4 rings (SSSR count). The maximum absolute atomic E-state index is 9.83. The van der Waals surface area contributed by atoms with Crippen molar-refractivity contribution in [1.29, 1.82) is 0 Å². The first-order valence-corrected chi connectivity index (χ1v) is 11.5. The van der Waals surface area contributed by atoms with E-state index in [1.165, 1.54) is 20.3 Å². The Morgan fingerprint density at radius 1 is 1.10 bits per heavy atom. The van der Waals surface area contributed by atoms with Crippen molar-refractivity contribution < 1.29 is 9.67 Å². The third kappa shape index (κ3) is 4.46. The minimum atomic E-state index is 0.310. The number of aryl methyl sites for hydroxylation is 1. The number of thioether (sulfide) groups is 1. The van der Waals surface area contributed by atoms with Gasteiger partial charge in [-0.1, -0.05) is 53.5 Å². The molecule has 4 nitrogen and oxygen atoms in total. The van der Waals surface area contributed by atoms with Crippen molar-refractivity contribution in [1.82, 2.24) is 4.90 Å². The molecule has 2 aromatic carbocycles. The number of thiazole rings is 1. The topological polar surface area (TPSA) is 30.6 Å². The van der Waals surface area contributed by atoms with E-state index in [-0.39, 0.29) is 0 Å². The first-order valence-electron chi connectivity index (χ1n) is 9.88. The molecular weight excluding hydrogens is 410 g/mol. The van der Waals surface area contributed by atoms with Gasteiger partial charge in [-0.05, 0) is 44.4 Å². The van der Waals surface area contributed by atoms with Crippen LogP contribution in [0.5, 0.6) is 5.75 Å². The van der Waals surface area contributed by atoms with Crippen LogP contribution in [0.4, 0.5) is 5.69 Å². The zero-order valence-electron chi connectivity index (χ0n) is 17.4. The normalized spacial score (nSPS) is 15.5. The Hall–Kier alpha value is -2.54. The summed E-state index contributed by atoms with van der Waals surface area (Å²) in [7, 11) is 6.28. The maximum atomic E-state index is 9.83. The quantitative estimate of drug-likeness (QED) is 0.434. The SMILES string of the molecule is CN(C)CCN1/C(=C/C=C/C=C/c2sc3ccccc3[n+]2C)Sc2cc(O)ccc21. The second kappa shape index (κ2) is 9.08. The molecule has 0 bridgehead atoms. The van der Waals surface area contributed by atoms with Gasteiger partial charge in [0.1, 0.15) is 17.5 Å². The van der Waals surface area contributed by atoms with Gasteiger partial charge in [0.2, 0.25) is 5.52 Å². The molecule has 3 aromatic rings. The number of rotatable bonds is 6. The van der Waals surface area contributed by atoms with E-state index in [2.05, 4.69) is 90.2 Å². The molecule has 1 aliphatic heterocycles. The summed E-state index contributed by atoms with van der Waals surface area (Å²) >= 11 is 3.50. The lowest BCUT2D eigenvalue weighted by molar-refractivity contribution is -0.642. The third-order valence-electron chi connectivity index (χ3n) is 4.96. The predicted octanol–water partition coefficient (Wildman–Crippen LogP) is 5.02. The van der Waals surface area contributed by atoms with E-state index >= 15 is 0 Å². The molecule has 0 radical (unpaired) electrons. The second-order valence-electron chi connectivity index (χ2n) is 7.42. The van der Waals surface area contributed by atoms with Crippen molar-refractivity contribution in [3.05, 3.63) is 76.8 Å². The number of aromatic nitrogens is 1. The van der Waals surface area contributed by atoms with Crippen LogP contribution in [0.25, 0.3) is 16.3 Å². The van der Waals surface area contributed by atoms with Gasteiger partial charge in [0.15, 0.2) is 0 Å². The lowest BCUT2D eigenvalue weighted by atomic mass is 10.2. The van der Waals surface area contributed by atoms with Gasteiger partial charge in [0.05, 0.1) is 10.7 Å². The summed E-state index contributed by atoms with van der Waals surface area (Å²) < 4.78 is 3.52. The Kier molecular flexibility index (Phi) is 6.27. The Balaban J connectivity index is 1.50. The van der Waals surface area contributed by atoms with Crippen molar-refractivity contribution in [2.45, 2.75) is 4.90 Å². The van der Waals surface area contributed by atoms with Crippen LogP contribution < -0.4 is 9.47 Å². The predicted molar refractivity (Wildman–Crippen MR) is 129 cm³/mol. The largest absolute Gasteiger partial charge is 0.508 e. The molecule has 30 heavy (non-hydrogen) atoms. The number of phenolic OH excluding ortho intramolecular Hbond substituents is 1. The lowest BCUT2D eigenvalue weighted by Gasteiger charge is -2.22. The highest BCUT2D eigenvalue weighted by atomic mass is 32.2. The van der Waals surface area contributed by atoms with Crippen LogP contribution in [0.1, 0.15) is 5.01 Å². The van der Waals surface area contributed by atoms with Gasteiger partial charge < -0.3 is 14.9 Å². The molecule has 154 valence electrons. The van der Waals surface area contributed by atoms with E-state index in [0.717, 1.165) is 23.7 Å². The fraction of sp³-hybridized carbons (Fsp3) is 0.208. The summed E-state index contributed by atoms with van der Waals surface area (Å²) in [6.45, 7) is 1.87. The van der Waals surface area contributed by atoms with Crippen LogP contribution in [0.15, 0.2) is 76.7 Å². The number of aromatic hydroxyl groups is 1. The second-order valence-corrected chi connectivity index (χ2v) is 9.55. The third-order valence-corrected chi connectivity index (χ3v) is 7.25. The van der Waals surface area contributed by atoms with Crippen molar-refractivity contribution in [3.63, 3.8) is 0 Å². The average molecular weight is 437 g/mol. The lowest BCUT2D eigenvalue weighted by Crippen LogP contribution is -2.28. The molecule has 0 amide bonds. The fourth-order valence-electron chi connectivity index (χ4n) is 3.35. The number of hydrogen-bond acceptors (Lipinski definition) is 5. The highest BCUT2D eigenvalue weighted by molar-refractivity contribution is 8.03. The Bertz CT molecular complexity index is 1140. The number of benzene rings is 2. The van der Waals surface area contributed by atoms with E-state index in [4.69, 9.17) is 0 Å². The number of fused-ring (bicyclic) bond motifs is 2. The average Bonchev–Trinajstić information content (AvgIpc) is 3.23. The van der Waals surface area contributed by atoms with Gasteiger partial charge in [-0.3, -0.25) is 0 Å². The summed E-state index contributed by atoms with van der Waals surface area (Å²) in [6, 6.07) is 14.1. The van der Waals surface area contributed by atoms with E-state index in [9.17, 15) is 5.11 Å². The maximum Gasteiger partial charge on any atom is 0.262 e. The summed E-state index contributed by atoms with van der Waals surface area (Å²) in [5.41, 5.74) is 2.42. The van der Waals surface area contributed by atoms with Gasteiger partial charge in [-0.2, -0.15) is 4.57 Å². The first kappa shape index (κ1) is 20.7. The molecule has 0 atom stereocenters. The van der Waals surface area contributed by atoms with Gasteiger partial charge in [0.25, 0.3) is 5.01 Å². The molecular formula is C24H26N3OS2+. The standard InChI is InChI=1S/C24H25N3OS2/c1-25(2)15-16-27-20-14-13-18(28)17-22(20)30-24(27)12-6-4-5-11-23-26(3)19-9-7-8-10-21(19)29-23/h4-14,17H,15-16H2,1-3H3/p+1. The minimum absolute atomic E-state index is 0.310. The van der Waals surface area contributed by atoms with Crippen molar-refractivity contribution in [3.8, 4) is 5.75 Å². The summed E-state index contributed by atoms with van der Waals surface area (Å²) in [5, 5.41) is 12.2. The monoisotopic (exact) mass is 436 g/mol. The number of likely N-dealkylation sites (N-methyl/N-ethyl adjacent to an activating group) is 1. The Morgan fingerprint density at radius 2 is 1.93 bits per heavy atom. The highest BCUT2D eigenvalue weighted by Gasteiger charge is 2.24. The minimum Gasteiger partial charge on any atom is -0.508 e. The molecule has 0 unspecified atom stereocenters. The fourth-order valence-corrected chi connectivity index (χ4v) is 5.55. The number of anilines is 1. The molecule has 1 N–H and O–H groups in total. The van der Waals surface area contributed by atoms with Crippen LogP contribution >= 0.6 is 23.1 Å². The number of allylic oxidation sites excluding steroid dienone is 4. The van der Waals surface area contributed by atoms with Gasteiger partial charge >= 0.3 is 0 Å². The van der Waals surface area contributed by atoms with Crippen molar-refractivity contribution in [2.24, 2.45) is 7.05 Å². The Labute approximate surface area is 186 Å². The van der Waals surface area contributed by atoms with Crippen LogP contribution in [-0.2, 0) is 7.05 Å². The molecule has 0 saturated heterocycles. The number of hydrogen-bond donors (Lipinski definition) is 1. The zero-order chi connectivity index (χ0) is 21.1.